The summed E-state index contributed by atoms with van der Waals surface area (Å²) >= 11 is 2.90. The van der Waals surface area contributed by atoms with Crippen molar-refractivity contribution >= 4 is 45.6 Å². The van der Waals surface area contributed by atoms with Gasteiger partial charge in [0.05, 0.1) is 29.0 Å². The Morgan fingerprint density at radius 3 is 2.85 bits per heavy atom. The van der Waals surface area contributed by atoms with Gasteiger partial charge < -0.3 is 4.42 Å². The number of thioether (sulfide) groups is 1. The Kier molecular flexibility index (Phi) is 6.64. The van der Waals surface area contributed by atoms with E-state index in [1.54, 1.807) is 33.2 Å². The number of hydrogen-bond acceptors (Lipinski definition) is 7. The van der Waals surface area contributed by atoms with Gasteiger partial charge in [-0.15, -0.1) is 11.3 Å². The second-order valence-electron chi connectivity index (χ2n) is 8.01. The molecule has 1 aliphatic rings. The number of carbonyl (C=O) groups is 1. The Hall–Kier alpha value is -3.17. The highest BCUT2D eigenvalue weighted by molar-refractivity contribution is 7.99. The molecule has 4 aromatic rings. The lowest BCUT2D eigenvalue weighted by Crippen LogP contribution is -2.29. The molecule has 3 aromatic heterocycles. The summed E-state index contributed by atoms with van der Waals surface area (Å²) in [5.74, 6) is 0.678. The van der Waals surface area contributed by atoms with E-state index in [1.165, 1.54) is 11.8 Å². The van der Waals surface area contributed by atoms with Crippen LogP contribution >= 0.6 is 23.1 Å². The molecular formula is C25H24N4O3S2. The average Bonchev–Trinajstić information content (AvgIpc) is 3.63. The van der Waals surface area contributed by atoms with E-state index in [-0.39, 0.29) is 23.3 Å². The molecule has 0 saturated carbocycles. The Labute approximate surface area is 205 Å². The molecule has 0 spiro atoms. The summed E-state index contributed by atoms with van der Waals surface area (Å²) in [4.78, 5) is 32.3. The number of thiophene rings is 1. The number of carbonyl (C=O) groups excluding carboxylic acids is 1. The van der Waals surface area contributed by atoms with Crippen LogP contribution in [0.4, 0.5) is 0 Å². The van der Waals surface area contributed by atoms with Crippen LogP contribution < -0.4 is 5.56 Å². The molecule has 34 heavy (non-hydrogen) atoms. The second kappa shape index (κ2) is 9.99. The van der Waals surface area contributed by atoms with Gasteiger partial charge >= 0.3 is 0 Å². The molecule has 9 heteroatoms. The molecule has 4 heterocycles. The van der Waals surface area contributed by atoms with Gasteiger partial charge in [-0.25, -0.2) is 9.99 Å². The Bertz CT molecular complexity index is 1380. The van der Waals surface area contributed by atoms with Crippen LogP contribution in [0.2, 0.25) is 0 Å². The first kappa shape index (κ1) is 22.6. The summed E-state index contributed by atoms with van der Waals surface area (Å²) in [5, 5.41) is 9.35. The molecule has 0 radical (unpaired) electrons. The first-order valence-electron chi connectivity index (χ1n) is 11.2. The summed E-state index contributed by atoms with van der Waals surface area (Å²) in [6.45, 7) is 2.66. The summed E-state index contributed by atoms with van der Waals surface area (Å²) in [6, 6.07) is 14.9. The summed E-state index contributed by atoms with van der Waals surface area (Å²) in [6.07, 6.45) is 4.03. The van der Waals surface area contributed by atoms with Crippen LogP contribution in [-0.4, -0.2) is 31.9 Å². The number of fused-ring (bicyclic) bond motifs is 1. The van der Waals surface area contributed by atoms with Gasteiger partial charge in [0.1, 0.15) is 11.5 Å². The first-order valence-corrected chi connectivity index (χ1v) is 13.1. The van der Waals surface area contributed by atoms with Crippen molar-refractivity contribution in [2.75, 3.05) is 5.75 Å². The Morgan fingerprint density at radius 1 is 1.21 bits per heavy atom. The van der Waals surface area contributed by atoms with E-state index in [2.05, 4.69) is 12.0 Å². The third kappa shape index (κ3) is 4.45. The van der Waals surface area contributed by atoms with Gasteiger partial charge in [-0.05, 0) is 42.1 Å². The van der Waals surface area contributed by atoms with Crippen LogP contribution in [0.3, 0.4) is 0 Å². The minimum atomic E-state index is -0.167. The molecule has 1 amide bonds. The van der Waals surface area contributed by atoms with Crippen molar-refractivity contribution in [3.8, 4) is 0 Å². The fraction of sp³-hybridized carbons (Fsp3) is 0.280. The van der Waals surface area contributed by atoms with Crippen LogP contribution in [0.25, 0.3) is 10.9 Å². The highest BCUT2D eigenvalue weighted by atomic mass is 32.2. The number of furan rings is 1. The normalized spacial score (nSPS) is 15.7. The molecule has 0 fully saturated rings. The smallest absolute Gasteiger partial charge is 0.262 e. The lowest BCUT2D eigenvalue weighted by Gasteiger charge is -2.20. The zero-order chi connectivity index (χ0) is 23.5. The van der Waals surface area contributed by atoms with Gasteiger partial charge in [0.15, 0.2) is 5.16 Å². The predicted octanol–water partition coefficient (Wildman–Crippen LogP) is 5.32. The maximum absolute atomic E-state index is 13.4. The number of hydrazone groups is 1. The quantitative estimate of drug-likeness (QED) is 0.246. The zero-order valence-corrected chi connectivity index (χ0v) is 20.3. The molecule has 0 bridgehead atoms. The van der Waals surface area contributed by atoms with Gasteiger partial charge in [-0.2, -0.15) is 5.10 Å². The number of hydrogen-bond donors (Lipinski definition) is 0. The van der Waals surface area contributed by atoms with E-state index in [9.17, 15) is 9.59 Å². The van der Waals surface area contributed by atoms with Crippen molar-refractivity contribution < 1.29 is 9.21 Å². The van der Waals surface area contributed by atoms with E-state index < -0.39 is 0 Å². The summed E-state index contributed by atoms with van der Waals surface area (Å²) in [5.41, 5.74) is 1.33. The minimum absolute atomic E-state index is 0.0650. The second-order valence-corrected chi connectivity index (χ2v) is 9.93. The number of nitrogens with zero attached hydrogens (tertiary/aromatic N) is 4. The van der Waals surface area contributed by atoms with E-state index in [1.807, 2.05) is 47.8 Å². The van der Waals surface area contributed by atoms with Crippen molar-refractivity contribution in [1.29, 1.82) is 0 Å². The minimum Gasteiger partial charge on any atom is -0.463 e. The highest BCUT2D eigenvalue weighted by Crippen LogP contribution is 2.36. The predicted molar refractivity (Wildman–Crippen MR) is 135 cm³/mol. The molecule has 0 saturated heterocycles. The van der Waals surface area contributed by atoms with E-state index in [0.29, 0.717) is 34.8 Å². The standard InChI is InChI=1S/C25H24N4O3S2/c1-2-3-12-28-24(31)17-8-4-5-9-18(17)26-25(28)34-16-23(30)29-20(22-11-7-14-33-22)15-19(27-29)21-10-6-13-32-21/h4-11,13-14,20H,2-3,12,15-16H2,1H3. The molecule has 1 unspecified atom stereocenters. The van der Waals surface area contributed by atoms with Crippen molar-refractivity contribution in [3.63, 3.8) is 0 Å². The molecule has 7 nitrogen and oxygen atoms in total. The van der Waals surface area contributed by atoms with Crippen LogP contribution in [-0.2, 0) is 11.3 Å². The number of para-hydroxylation sites is 1. The van der Waals surface area contributed by atoms with Crippen molar-refractivity contribution in [2.24, 2.45) is 5.10 Å². The summed E-state index contributed by atoms with van der Waals surface area (Å²) in [7, 11) is 0. The summed E-state index contributed by atoms with van der Waals surface area (Å²) < 4.78 is 7.23. The number of benzene rings is 1. The molecule has 174 valence electrons. The number of amides is 1. The van der Waals surface area contributed by atoms with Crippen LogP contribution in [0.1, 0.15) is 42.9 Å². The van der Waals surface area contributed by atoms with Gasteiger partial charge in [-0.3, -0.25) is 14.2 Å². The van der Waals surface area contributed by atoms with Gasteiger partial charge in [-0.1, -0.05) is 43.3 Å². The number of aromatic nitrogens is 2. The van der Waals surface area contributed by atoms with E-state index in [4.69, 9.17) is 9.40 Å². The maximum atomic E-state index is 13.4. The third-order valence-electron chi connectivity index (χ3n) is 5.73. The van der Waals surface area contributed by atoms with Crippen molar-refractivity contribution in [1.82, 2.24) is 14.6 Å². The van der Waals surface area contributed by atoms with Crippen LogP contribution in [0, 0.1) is 0 Å². The SMILES string of the molecule is CCCCn1c(SCC(=O)N2N=C(c3ccco3)CC2c2cccs2)nc2ccccc2c1=O. The Morgan fingerprint density at radius 2 is 2.09 bits per heavy atom. The third-order valence-corrected chi connectivity index (χ3v) is 7.66. The molecule has 0 aliphatic carbocycles. The first-order chi connectivity index (χ1) is 16.7. The highest BCUT2D eigenvalue weighted by Gasteiger charge is 2.34. The van der Waals surface area contributed by atoms with Crippen LogP contribution in [0.5, 0.6) is 0 Å². The lowest BCUT2D eigenvalue weighted by atomic mass is 10.1. The topological polar surface area (TPSA) is 80.7 Å². The Balaban J connectivity index is 1.42. The van der Waals surface area contributed by atoms with Crippen LogP contribution in [0.15, 0.2) is 79.6 Å². The molecule has 1 aromatic carbocycles. The molecular weight excluding hydrogens is 468 g/mol. The zero-order valence-electron chi connectivity index (χ0n) is 18.7. The molecule has 5 rings (SSSR count). The van der Waals surface area contributed by atoms with Crippen molar-refractivity contribution in [3.05, 3.63) is 81.2 Å². The fourth-order valence-corrected chi connectivity index (χ4v) is 5.69. The van der Waals surface area contributed by atoms with Gasteiger partial charge in [0, 0.05) is 17.8 Å². The van der Waals surface area contributed by atoms with E-state index >= 15 is 0 Å². The number of unbranched alkanes of at least 4 members (excludes halogenated alkanes) is 1. The molecule has 1 atom stereocenters. The molecule has 0 N–H and O–H groups in total. The monoisotopic (exact) mass is 492 g/mol. The van der Waals surface area contributed by atoms with E-state index in [0.717, 1.165) is 23.4 Å². The average molecular weight is 493 g/mol. The largest absolute Gasteiger partial charge is 0.463 e. The fourth-order valence-electron chi connectivity index (χ4n) is 4.00. The van der Waals surface area contributed by atoms with Crippen molar-refractivity contribution in [2.45, 2.75) is 43.9 Å². The number of rotatable bonds is 8. The molecule has 1 aliphatic heterocycles. The van der Waals surface area contributed by atoms with Gasteiger partial charge in [0.25, 0.3) is 11.5 Å². The maximum Gasteiger partial charge on any atom is 0.262 e. The van der Waals surface area contributed by atoms with Gasteiger partial charge in [0.2, 0.25) is 0 Å². The lowest BCUT2D eigenvalue weighted by molar-refractivity contribution is -0.130.